The van der Waals surface area contributed by atoms with Crippen molar-refractivity contribution < 1.29 is 18.7 Å². The van der Waals surface area contributed by atoms with E-state index in [4.69, 9.17) is 9.47 Å². The lowest BCUT2D eigenvalue weighted by atomic mass is 10.1. The zero-order valence-electron chi connectivity index (χ0n) is 21.1. The number of hydrogen-bond donors (Lipinski definition) is 1. The predicted octanol–water partition coefficient (Wildman–Crippen LogP) is 2.49. The van der Waals surface area contributed by atoms with Gasteiger partial charge in [0.15, 0.2) is 0 Å². The number of fused-ring (bicyclic) bond motifs is 1. The molecule has 0 bridgehead atoms. The summed E-state index contributed by atoms with van der Waals surface area (Å²) in [6.45, 7) is 4.23. The Morgan fingerprint density at radius 3 is 2.66 bits per heavy atom. The molecular weight excluding hydrogens is 515 g/mol. The number of aromatic nitrogens is 5. The molecule has 1 amide bonds. The van der Waals surface area contributed by atoms with E-state index in [1.807, 2.05) is 6.92 Å². The molecule has 1 saturated heterocycles. The summed E-state index contributed by atoms with van der Waals surface area (Å²) < 4.78 is 28.5. The summed E-state index contributed by atoms with van der Waals surface area (Å²) in [5.41, 5.74) is -0.00554. The fraction of sp³-hybridized carbons (Fsp3) is 0.400. The van der Waals surface area contributed by atoms with Crippen LogP contribution in [0.5, 0.6) is 5.75 Å². The molecule has 0 spiro atoms. The van der Waals surface area contributed by atoms with E-state index in [0.29, 0.717) is 45.1 Å². The fourth-order valence-electron chi connectivity index (χ4n) is 4.74. The number of carbonyl (C=O) groups is 1. The van der Waals surface area contributed by atoms with Crippen LogP contribution in [-0.2, 0) is 16.1 Å². The van der Waals surface area contributed by atoms with Gasteiger partial charge in [0.2, 0.25) is 5.91 Å². The second-order valence-electron chi connectivity index (χ2n) is 9.01. The van der Waals surface area contributed by atoms with Gasteiger partial charge in [0, 0.05) is 30.7 Å². The molecule has 1 fully saturated rings. The van der Waals surface area contributed by atoms with Gasteiger partial charge in [-0.25, -0.2) is 9.18 Å². The van der Waals surface area contributed by atoms with E-state index < -0.39 is 29.2 Å². The van der Waals surface area contributed by atoms with Gasteiger partial charge in [0.25, 0.3) is 5.56 Å². The van der Waals surface area contributed by atoms with Gasteiger partial charge in [-0.15, -0.1) is 4.80 Å². The van der Waals surface area contributed by atoms with Crippen LogP contribution in [0.3, 0.4) is 0 Å². The molecule has 11 nitrogen and oxygen atoms in total. The summed E-state index contributed by atoms with van der Waals surface area (Å²) in [5.74, 6) is -0.285. The third-order valence-electron chi connectivity index (χ3n) is 6.55. The number of aryl methyl sites for hydroxylation is 1. The van der Waals surface area contributed by atoms with Gasteiger partial charge < -0.3 is 14.8 Å². The Morgan fingerprint density at radius 1 is 1.24 bits per heavy atom. The van der Waals surface area contributed by atoms with E-state index in [2.05, 4.69) is 15.5 Å². The predicted molar refractivity (Wildman–Crippen MR) is 139 cm³/mol. The lowest BCUT2D eigenvalue weighted by Crippen LogP contribution is -2.43. The average Bonchev–Trinajstić information content (AvgIpc) is 3.64. The van der Waals surface area contributed by atoms with Gasteiger partial charge >= 0.3 is 5.69 Å². The number of carbonyl (C=O) groups excluding carboxylic acids is 1. The maximum absolute atomic E-state index is 14.3. The number of methoxy groups -OCH3 is 1. The van der Waals surface area contributed by atoms with Crippen LogP contribution in [0.1, 0.15) is 43.0 Å². The Labute approximate surface area is 220 Å². The molecular formula is C25H27FN6O5S. The fourth-order valence-corrected chi connectivity index (χ4v) is 5.96. The SMILES string of the molecule is CCCO[C@@H](Cn1c(=O)n([C@@H]2CNC(=O)C2)c(=O)c2c(C)c(-n3nccn3)sc21)c1cc(F)ccc1OC. The van der Waals surface area contributed by atoms with E-state index in [-0.39, 0.29) is 25.4 Å². The molecule has 200 valence electrons. The number of ether oxygens (including phenoxy) is 2. The number of hydrogen-bond acceptors (Lipinski definition) is 8. The van der Waals surface area contributed by atoms with Crippen LogP contribution in [0.2, 0.25) is 0 Å². The van der Waals surface area contributed by atoms with Crippen molar-refractivity contribution in [3.05, 3.63) is 68.4 Å². The minimum Gasteiger partial charge on any atom is -0.496 e. The highest BCUT2D eigenvalue weighted by Crippen LogP contribution is 2.34. The largest absolute Gasteiger partial charge is 0.496 e. The van der Waals surface area contributed by atoms with Gasteiger partial charge in [-0.05, 0) is 31.5 Å². The molecule has 1 aliphatic heterocycles. The van der Waals surface area contributed by atoms with E-state index in [1.165, 1.54) is 58.4 Å². The number of nitrogens with one attached hydrogen (secondary N) is 1. The first-order valence-electron chi connectivity index (χ1n) is 12.2. The number of rotatable bonds is 9. The maximum Gasteiger partial charge on any atom is 0.332 e. The van der Waals surface area contributed by atoms with Crippen LogP contribution in [0.25, 0.3) is 15.2 Å². The van der Waals surface area contributed by atoms with Crippen LogP contribution in [-0.4, -0.2) is 50.3 Å². The van der Waals surface area contributed by atoms with Crippen molar-refractivity contribution in [2.45, 2.75) is 45.4 Å². The molecule has 1 aliphatic rings. The van der Waals surface area contributed by atoms with Crippen LogP contribution in [0.15, 0.2) is 40.2 Å². The number of thiophene rings is 1. The van der Waals surface area contributed by atoms with E-state index in [0.717, 1.165) is 4.57 Å². The molecule has 4 heterocycles. The third-order valence-corrected chi connectivity index (χ3v) is 7.83. The summed E-state index contributed by atoms with van der Waals surface area (Å²) in [4.78, 5) is 41.5. The summed E-state index contributed by atoms with van der Waals surface area (Å²) in [6, 6.07) is 3.50. The lowest BCUT2D eigenvalue weighted by Gasteiger charge is -2.23. The van der Waals surface area contributed by atoms with Gasteiger partial charge in [0.05, 0.1) is 37.5 Å². The summed E-state index contributed by atoms with van der Waals surface area (Å²) in [7, 11) is 1.48. The normalized spacial score (nSPS) is 16.2. The molecule has 3 aromatic heterocycles. The molecule has 0 radical (unpaired) electrons. The molecule has 13 heteroatoms. The van der Waals surface area contributed by atoms with Crippen molar-refractivity contribution in [1.82, 2.24) is 29.4 Å². The van der Waals surface area contributed by atoms with Gasteiger partial charge in [-0.3, -0.25) is 18.7 Å². The summed E-state index contributed by atoms with van der Waals surface area (Å²) in [6.07, 6.45) is 3.00. The van der Waals surface area contributed by atoms with Crippen molar-refractivity contribution in [3.8, 4) is 10.8 Å². The van der Waals surface area contributed by atoms with Crippen molar-refractivity contribution in [1.29, 1.82) is 0 Å². The zero-order valence-corrected chi connectivity index (χ0v) is 22.0. The van der Waals surface area contributed by atoms with E-state index >= 15 is 0 Å². The van der Waals surface area contributed by atoms with Crippen molar-refractivity contribution >= 4 is 27.5 Å². The highest BCUT2D eigenvalue weighted by Gasteiger charge is 2.31. The van der Waals surface area contributed by atoms with Crippen LogP contribution in [0.4, 0.5) is 4.39 Å². The Kier molecular flexibility index (Phi) is 7.13. The van der Waals surface area contributed by atoms with Gasteiger partial charge in [0.1, 0.15) is 27.5 Å². The van der Waals surface area contributed by atoms with Crippen molar-refractivity contribution in [2.75, 3.05) is 20.3 Å². The first-order chi connectivity index (χ1) is 18.3. The standard InChI is InChI=1S/C25H27FN6O5S/c1-4-9-37-19(17-10-15(26)5-6-18(17)36-3)13-30-24-21(14(2)23(38-24)32-28-7-8-29-32)22(34)31(25(30)35)16-11-20(33)27-12-16/h5-8,10,16,19H,4,9,11-13H2,1-3H3,(H,27,33)/t16-,19-/m0/s1. The summed E-state index contributed by atoms with van der Waals surface area (Å²) in [5, 5.41) is 12.0. The molecule has 1 N–H and O–H groups in total. The first-order valence-corrected chi connectivity index (χ1v) is 13.0. The van der Waals surface area contributed by atoms with E-state index in [9.17, 15) is 18.8 Å². The number of halogens is 1. The highest BCUT2D eigenvalue weighted by atomic mass is 32.1. The Balaban J connectivity index is 1.75. The third kappa shape index (κ3) is 4.52. The second-order valence-corrected chi connectivity index (χ2v) is 9.98. The number of benzene rings is 1. The lowest BCUT2D eigenvalue weighted by molar-refractivity contribution is -0.119. The minimum atomic E-state index is -0.760. The average molecular weight is 543 g/mol. The highest BCUT2D eigenvalue weighted by molar-refractivity contribution is 7.21. The zero-order chi connectivity index (χ0) is 27.0. The molecule has 0 aliphatic carbocycles. The van der Waals surface area contributed by atoms with Crippen LogP contribution in [0, 0.1) is 12.7 Å². The smallest absolute Gasteiger partial charge is 0.332 e. The van der Waals surface area contributed by atoms with Crippen LogP contribution >= 0.6 is 11.3 Å². The molecule has 0 saturated carbocycles. The van der Waals surface area contributed by atoms with Crippen molar-refractivity contribution in [3.63, 3.8) is 0 Å². The topological polar surface area (TPSA) is 122 Å². The molecule has 5 rings (SSSR count). The molecule has 0 unspecified atom stereocenters. The number of amides is 1. The minimum absolute atomic E-state index is 0.0184. The summed E-state index contributed by atoms with van der Waals surface area (Å²) >= 11 is 1.21. The van der Waals surface area contributed by atoms with Gasteiger partial charge in [-0.2, -0.15) is 10.2 Å². The molecule has 38 heavy (non-hydrogen) atoms. The molecule has 1 aromatic carbocycles. The first kappa shape index (κ1) is 25.8. The second kappa shape index (κ2) is 10.5. The number of nitrogens with zero attached hydrogens (tertiary/aromatic N) is 5. The maximum atomic E-state index is 14.3. The van der Waals surface area contributed by atoms with Gasteiger partial charge in [-0.1, -0.05) is 18.3 Å². The quantitative estimate of drug-likeness (QED) is 0.345. The van der Waals surface area contributed by atoms with Crippen LogP contribution < -0.4 is 21.3 Å². The Hall–Kier alpha value is -3.84. The van der Waals surface area contributed by atoms with Crippen molar-refractivity contribution in [2.24, 2.45) is 0 Å². The van der Waals surface area contributed by atoms with E-state index in [1.54, 1.807) is 6.92 Å². The monoisotopic (exact) mass is 542 g/mol. The Morgan fingerprint density at radius 2 is 2.00 bits per heavy atom. The molecule has 2 atom stereocenters. The molecule has 4 aromatic rings. The Bertz CT molecular complexity index is 1610.